The highest BCUT2D eigenvalue weighted by Gasteiger charge is 2.38. The lowest BCUT2D eigenvalue weighted by Crippen LogP contribution is -2.58. The minimum absolute atomic E-state index is 0.596. The van der Waals surface area contributed by atoms with E-state index in [4.69, 9.17) is 0 Å². The van der Waals surface area contributed by atoms with Gasteiger partial charge in [0.05, 0.1) is 0 Å². The van der Waals surface area contributed by atoms with Crippen molar-refractivity contribution in [3.63, 3.8) is 0 Å². The van der Waals surface area contributed by atoms with Crippen LogP contribution in [0, 0.1) is 5.41 Å². The Morgan fingerprint density at radius 2 is 1.73 bits per heavy atom. The van der Waals surface area contributed by atoms with Crippen molar-refractivity contribution in [2.45, 2.75) is 58.5 Å². The Labute approximate surface area is 94.4 Å². The zero-order valence-electron chi connectivity index (χ0n) is 10.6. The van der Waals surface area contributed by atoms with E-state index in [1.807, 2.05) is 0 Å². The van der Waals surface area contributed by atoms with Crippen LogP contribution >= 0.6 is 0 Å². The minimum atomic E-state index is 0.596. The summed E-state index contributed by atoms with van der Waals surface area (Å²) >= 11 is 0. The Morgan fingerprint density at radius 1 is 1.13 bits per heavy atom. The van der Waals surface area contributed by atoms with E-state index in [2.05, 4.69) is 31.0 Å². The Hall–Kier alpha value is -0.0800. The van der Waals surface area contributed by atoms with E-state index in [0.29, 0.717) is 5.41 Å². The summed E-state index contributed by atoms with van der Waals surface area (Å²) in [7, 11) is 0. The molecular formula is C13H26N2. The molecule has 0 spiro atoms. The second-order valence-electron chi connectivity index (χ2n) is 6.13. The molecule has 0 unspecified atom stereocenters. The fraction of sp³-hybridized carbons (Fsp3) is 1.00. The summed E-state index contributed by atoms with van der Waals surface area (Å²) in [5, 5.41) is 3.58. The van der Waals surface area contributed by atoms with E-state index in [-0.39, 0.29) is 0 Å². The van der Waals surface area contributed by atoms with Gasteiger partial charge >= 0.3 is 0 Å². The second-order valence-corrected chi connectivity index (χ2v) is 6.13. The molecule has 0 aromatic heterocycles. The number of hydrogen-bond acceptors (Lipinski definition) is 2. The van der Waals surface area contributed by atoms with Gasteiger partial charge in [-0.25, -0.2) is 0 Å². The molecule has 1 saturated heterocycles. The Morgan fingerprint density at radius 3 is 2.20 bits per heavy atom. The van der Waals surface area contributed by atoms with Crippen LogP contribution in [0.5, 0.6) is 0 Å². The van der Waals surface area contributed by atoms with Crippen molar-refractivity contribution in [3.8, 4) is 0 Å². The number of nitrogens with zero attached hydrogens (tertiary/aromatic N) is 1. The third-order valence-electron chi connectivity index (χ3n) is 3.97. The molecular weight excluding hydrogens is 184 g/mol. The van der Waals surface area contributed by atoms with E-state index in [0.717, 1.165) is 18.6 Å². The van der Waals surface area contributed by atoms with Gasteiger partial charge in [0.1, 0.15) is 0 Å². The number of likely N-dealkylation sites (tertiary alicyclic amines) is 1. The Bertz CT molecular complexity index is 197. The highest BCUT2D eigenvalue weighted by molar-refractivity contribution is 4.93. The summed E-state index contributed by atoms with van der Waals surface area (Å²) in [6, 6.07) is 1.70. The summed E-state index contributed by atoms with van der Waals surface area (Å²) < 4.78 is 0. The summed E-state index contributed by atoms with van der Waals surface area (Å²) in [6.07, 6.45) is 5.59. The molecule has 0 atom stereocenters. The fourth-order valence-corrected chi connectivity index (χ4v) is 3.25. The summed E-state index contributed by atoms with van der Waals surface area (Å²) in [5.74, 6) is 0. The maximum absolute atomic E-state index is 3.58. The smallest absolute Gasteiger partial charge is 0.00968 e. The molecule has 0 amide bonds. The summed E-state index contributed by atoms with van der Waals surface area (Å²) in [6.45, 7) is 10.8. The van der Waals surface area contributed by atoms with Crippen molar-refractivity contribution in [1.82, 2.24) is 10.2 Å². The van der Waals surface area contributed by atoms with Gasteiger partial charge in [0.15, 0.2) is 0 Å². The van der Waals surface area contributed by atoms with Crippen LogP contribution in [-0.2, 0) is 0 Å². The van der Waals surface area contributed by atoms with Crippen LogP contribution in [0.4, 0.5) is 0 Å². The van der Waals surface area contributed by atoms with Gasteiger partial charge in [-0.15, -0.1) is 0 Å². The Kier molecular flexibility index (Phi) is 3.36. The quantitative estimate of drug-likeness (QED) is 0.768. The van der Waals surface area contributed by atoms with Gasteiger partial charge in [-0.2, -0.15) is 0 Å². The zero-order valence-corrected chi connectivity index (χ0v) is 10.6. The maximum atomic E-state index is 3.58. The topological polar surface area (TPSA) is 15.3 Å². The first kappa shape index (κ1) is 11.4. The molecule has 0 bridgehead atoms. The lowest BCUT2D eigenvalue weighted by Gasteiger charge is -2.51. The molecule has 0 aromatic carbocycles. The van der Waals surface area contributed by atoms with Gasteiger partial charge < -0.3 is 5.32 Å². The molecule has 0 aromatic rings. The van der Waals surface area contributed by atoms with Gasteiger partial charge in [0.25, 0.3) is 0 Å². The van der Waals surface area contributed by atoms with Gasteiger partial charge in [-0.1, -0.05) is 20.8 Å². The first-order valence-corrected chi connectivity index (χ1v) is 6.58. The highest BCUT2D eigenvalue weighted by Crippen LogP contribution is 2.35. The molecule has 1 aliphatic carbocycles. The largest absolute Gasteiger partial charge is 0.314 e. The van der Waals surface area contributed by atoms with Crippen molar-refractivity contribution < 1.29 is 0 Å². The molecule has 2 rings (SSSR count). The average Bonchev–Trinajstić information content (AvgIpc) is 2.16. The van der Waals surface area contributed by atoms with Crippen LogP contribution in [0.1, 0.15) is 46.5 Å². The molecule has 2 nitrogen and oxygen atoms in total. The van der Waals surface area contributed by atoms with E-state index in [1.165, 1.54) is 38.8 Å². The molecule has 88 valence electrons. The lowest BCUT2D eigenvalue weighted by molar-refractivity contribution is -0.0200. The van der Waals surface area contributed by atoms with Gasteiger partial charge in [-0.05, 0) is 37.6 Å². The van der Waals surface area contributed by atoms with Gasteiger partial charge in [-0.3, -0.25) is 4.90 Å². The standard InChI is InChI=1S/C13H26N2/c1-4-14-11-5-7-12(8-6-11)15-9-13(2,3)10-15/h11-12,14H,4-10H2,1-3H3. The van der Waals surface area contributed by atoms with Crippen molar-refractivity contribution in [2.75, 3.05) is 19.6 Å². The van der Waals surface area contributed by atoms with E-state index in [1.54, 1.807) is 0 Å². The molecule has 2 heteroatoms. The predicted molar refractivity (Wildman–Crippen MR) is 65.1 cm³/mol. The predicted octanol–water partition coefficient (Wildman–Crippen LogP) is 2.25. The van der Waals surface area contributed by atoms with Crippen molar-refractivity contribution in [2.24, 2.45) is 5.41 Å². The first-order valence-electron chi connectivity index (χ1n) is 6.58. The normalized spacial score (nSPS) is 36.2. The van der Waals surface area contributed by atoms with Crippen molar-refractivity contribution in [1.29, 1.82) is 0 Å². The zero-order chi connectivity index (χ0) is 10.9. The third kappa shape index (κ3) is 2.73. The molecule has 1 saturated carbocycles. The fourth-order valence-electron chi connectivity index (χ4n) is 3.25. The SMILES string of the molecule is CCNC1CCC(N2CC(C)(C)C2)CC1. The van der Waals surface area contributed by atoms with Crippen LogP contribution < -0.4 is 5.32 Å². The average molecular weight is 210 g/mol. The molecule has 1 heterocycles. The highest BCUT2D eigenvalue weighted by atomic mass is 15.2. The first-order chi connectivity index (χ1) is 7.11. The third-order valence-corrected chi connectivity index (χ3v) is 3.97. The monoisotopic (exact) mass is 210 g/mol. The molecule has 2 aliphatic rings. The van der Waals surface area contributed by atoms with E-state index < -0.39 is 0 Å². The Balaban J connectivity index is 1.70. The maximum Gasteiger partial charge on any atom is 0.00968 e. The summed E-state index contributed by atoms with van der Waals surface area (Å²) in [4.78, 5) is 2.70. The minimum Gasteiger partial charge on any atom is -0.314 e. The lowest BCUT2D eigenvalue weighted by atomic mass is 9.80. The number of nitrogens with one attached hydrogen (secondary N) is 1. The second kappa shape index (κ2) is 4.42. The van der Waals surface area contributed by atoms with E-state index in [9.17, 15) is 0 Å². The molecule has 0 radical (unpaired) electrons. The molecule has 1 aliphatic heterocycles. The number of rotatable bonds is 3. The molecule has 15 heavy (non-hydrogen) atoms. The van der Waals surface area contributed by atoms with Gasteiger partial charge in [0, 0.05) is 25.2 Å². The van der Waals surface area contributed by atoms with Gasteiger partial charge in [0.2, 0.25) is 0 Å². The van der Waals surface area contributed by atoms with Crippen molar-refractivity contribution >= 4 is 0 Å². The van der Waals surface area contributed by atoms with Crippen LogP contribution in [0.3, 0.4) is 0 Å². The van der Waals surface area contributed by atoms with E-state index >= 15 is 0 Å². The summed E-state index contributed by atoms with van der Waals surface area (Å²) in [5.41, 5.74) is 0.596. The molecule has 2 fully saturated rings. The van der Waals surface area contributed by atoms with Crippen molar-refractivity contribution in [3.05, 3.63) is 0 Å². The van der Waals surface area contributed by atoms with Crippen LogP contribution in [0.15, 0.2) is 0 Å². The molecule has 1 N–H and O–H groups in total. The van der Waals surface area contributed by atoms with Crippen LogP contribution in [-0.4, -0.2) is 36.6 Å². The number of hydrogen-bond donors (Lipinski definition) is 1. The van der Waals surface area contributed by atoms with Crippen LogP contribution in [0.25, 0.3) is 0 Å². The van der Waals surface area contributed by atoms with Crippen LogP contribution in [0.2, 0.25) is 0 Å².